The predicted molar refractivity (Wildman–Crippen MR) is 109 cm³/mol. The highest BCUT2D eigenvalue weighted by atomic mass is 32.1. The number of aromatic nitrogens is 1. The molecule has 0 saturated carbocycles. The van der Waals surface area contributed by atoms with E-state index < -0.39 is 17.6 Å². The molecule has 3 aromatic rings. The normalized spacial score (nSPS) is 10.5. The predicted octanol–water partition coefficient (Wildman–Crippen LogP) is 3.86. The minimum absolute atomic E-state index is 0.325. The van der Waals surface area contributed by atoms with E-state index in [1.165, 1.54) is 29.8 Å². The molecule has 3 rings (SSSR count). The zero-order chi connectivity index (χ0) is 20.1. The topological polar surface area (TPSA) is 71.1 Å². The van der Waals surface area contributed by atoms with Gasteiger partial charge in [0.2, 0.25) is 0 Å². The van der Waals surface area contributed by atoms with Gasteiger partial charge in [0.1, 0.15) is 10.8 Å². The van der Waals surface area contributed by atoms with Gasteiger partial charge in [-0.3, -0.25) is 9.59 Å². The van der Waals surface area contributed by atoms with Gasteiger partial charge in [0.05, 0.1) is 5.69 Å². The minimum atomic E-state index is -0.784. The summed E-state index contributed by atoms with van der Waals surface area (Å²) in [7, 11) is 0. The van der Waals surface area contributed by atoms with Gasteiger partial charge in [-0.15, -0.1) is 11.3 Å². The number of carbonyl (C=O) groups is 2. The van der Waals surface area contributed by atoms with Gasteiger partial charge >= 0.3 is 11.8 Å². The lowest BCUT2D eigenvalue weighted by Gasteiger charge is -2.06. The molecule has 0 bridgehead atoms. The monoisotopic (exact) mass is 397 g/mol. The summed E-state index contributed by atoms with van der Waals surface area (Å²) in [6, 6.07) is 13.4. The van der Waals surface area contributed by atoms with Crippen LogP contribution in [0.2, 0.25) is 0 Å². The third-order valence-corrected chi connectivity index (χ3v) is 5.40. The second-order valence-electron chi connectivity index (χ2n) is 6.36. The number of hydrogen-bond donors (Lipinski definition) is 2. The number of nitrogens with zero attached hydrogens (tertiary/aromatic N) is 1. The number of anilines is 1. The Hall–Kier alpha value is -3.06. The molecule has 0 atom stereocenters. The van der Waals surface area contributed by atoms with Gasteiger partial charge in [0, 0.05) is 29.1 Å². The molecule has 0 spiro atoms. The molecule has 5 nitrogen and oxygen atoms in total. The molecule has 0 fully saturated rings. The van der Waals surface area contributed by atoms with Crippen molar-refractivity contribution < 1.29 is 14.0 Å². The van der Waals surface area contributed by atoms with E-state index >= 15 is 0 Å². The minimum Gasteiger partial charge on any atom is -0.347 e. The Balaban J connectivity index is 1.53. The van der Waals surface area contributed by atoms with Crippen molar-refractivity contribution >= 4 is 28.8 Å². The van der Waals surface area contributed by atoms with Gasteiger partial charge in [-0.2, -0.15) is 0 Å². The Kier molecular flexibility index (Phi) is 6.16. The van der Waals surface area contributed by atoms with Crippen molar-refractivity contribution in [1.82, 2.24) is 10.3 Å². The van der Waals surface area contributed by atoms with E-state index in [1.54, 1.807) is 11.3 Å². The second kappa shape index (κ2) is 8.75. The molecular weight excluding hydrogens is 377 g/mol. The van der Waals surface area contributed by atoms with Crippen molar-refractivity contribution in [3.05, 3.63) is 70.5 Å². The molecule has 28 heavy (non-hydrogen) atoms. The molecule has 0 saturated heterocycles. The molecule has 144 valence electrons. The fourth-order valence-corrected chi connectivity index (χ4v) is 3.64. The van der Waals surface area contributed by atoms with Crippen LogP contribution in [0.3, 0.4) is 0 Å². The average Bonchev–Trinajstić information content (AvgIpc) is 3.04. The molecule has 1 heterocycles. The van der Waals surface area contributed by atoms with Crippen LogP contribution in [0, 0.1) is 19.7 Å². The summed E-state index contributed by atoms with van der Waals surface area (Å²) in [4.78, 5) is 29.5. The van der Waals surface area contributed by atoms with Crippen molar-refractivity contribution in [3.8, 4) is 10.6 Å². The number of nitrogens with one attached hydrogen (secondary N) is 2. The van der Waals surface area contributed by atoms with Crippen LogP contribution in [0.1, 0.15) is 16.1 Å². The van der Waals surface area contributed by atoms with E-state index in [9.17, 15) is 14.0 Å². The average molecular weight is 397 g/mol. The zero-order valence-electron chi connectivity index (χ0n) is 15.6. The first kappa shape index (κ1) is 19.7. The van der Waals surface area contributed by atoms with Crippen LogP contribution in [0.25, 0.3) is 10.6 Å². The van der Waals surface area contributed by atoms with Crippen LogP contribution in [0.5, 0.6) is 0 Å². The zero-order valence-corrected chi connectivity index (χ0v) is 16.4. The maximum atomic E-state index is 12.9. The SMILES string of the molecule is Cc1ccc(-c2nc(C)c(CCNC(=O)C(=O)Nc3ccc(F)cc3)s2)cc1. The van der Waals surface area contributed by atoms with Crippen LogP contribution in [0.15, 0.2) is 48.5 Å². The molecule has 0 unspecified atom stereocenters. The second-order valence-corrected chi connectivity index (χ2v) is 7.44. The van der Waals surface area contributed by atoms with Gasteiger partial charge < -0.3 is 10.6 Å². The Morgan fingerprint density at radius 1 is 1.00 bits per heavy atom. The van der Waals surface area contributed by atoms with E-state index in [2.05, 4.69) is 15.6 Å². The Bertz CT molecular complexity index is 982. The summed E-state index contributed by atoms with van der Waals surface area (Å²) in [6.45, 7) is 4.30. The van der Waals surface area contributed by atoms with Crippen molar-refractivity contribution in [3.63, 3.8) is 0 Å². The molecule has 0 aliphatic carbocycles. The van der Waals surface area contributed by atoms with Crippen molar-refractivity contribution in [2.45, 2.75) is 20.3 Å². The maximum absolute atomic E-state index is 12.9. The summed E-state index contributed by atoms with van der Waals surface area (Å²) in [5.74, 6) is -1.93. The lowest BCUT2D eigenvalue weighted by atomic mass is 10.2. The van der Waals surface area contributed by atoms with Gasteiger partial charge in [0.25, 0.3) is 0 Å². The first-order chi connectivity index (χ1) is 13.4. The first-order valence-electron chi connectivity index (χ1n) is 8.80. The smallest absolute Gasteiger partial charge is 0.313 e. The van der Waals surface area contributed by atoms with E-state index in [4.69, 9.17) is 0 Å². The number of benzene rings is 2. The van der Waals surface area contributed by atoms with Crippen LogP contribution >= 0.6 is 11.3 Å². The largest absolute Gasteiger partial charge is 0.347 e. The van der Waals surface area contributed by atoms with E-state index in [0.29, 0.717) is 18.7 Å². The van der Waals surface area contributed by atoms with Gasteiger partial charge in [-0.25, -0.2) is 9.37 Å². The third-order valence-electron chi connectivity index (χ3n) is 4.14. The fourth-order valence-electron chi connectivity index (χ4n) is 2.57. The summed E-state index contributed by atoms with van der Waals surface area (Å²) in [5.41, 5.74) is 3.54. The highest BCUT2D eigenvalue weighted by molar-refractivity contribution is 7.15. The molecule has 0 aliphatic heterocycles. The molecule has 2 amide bonds. The van der Waals surface area contributed by atoms with Crippen LogP contribution in [0.4, 0.5) is 10.1 Å². The number of aryl methyl sites for hydroxylation is 2. The lowest BCUT2D eigenvalue weighted by Crippen LogP contribution is -2.36. The van der Waals surface area contributed by atoms with Gasteiger partial charge in [-0.1, -0.05) is 29.8 Å². The fraction of sp³-hybridized carbons (Fsp3) is 0.190. The van der Waals surface area contributed by atoms with E-state index in [1.807, 2.05) is 38.1 Å². The number of halogens is 1. The first-order valence-corrected chi connectivity index (χ1v) is 9.62. The van der Waals surface area contributed by atoms with Crippen LogP contribution in [-0.4, -0.2) is 23.3 Å². The summed E-state index contributed by atoms with van der Waals surface area (Å²) in [6.07, 6.45) is 0.588. The summed E-state index contributed by atoms with van der Waals surface area (Å²) >= 11 is 1.58. The van der Waals surface area contributed by atoms with Crippen molar-refractivity contribution in [2.24, 2.45) is 0 Å². The number of rotatable bonds is 5. The number of carbonyl (C=O) groups excluding carboxylic acids is 2. The molecule has 1 aromatic heterocycles. The summed E-state index contributed by atoms with van der Waals surface area (Å²) in [5, 5.41) is 5.97. The highest BCUT2D eigenvalue weighted by Gasteiger charge is 2.14. The number of hydrogen-bond acceptors (Lipinski definition) is 4. The lowest BCUT2D eigenvalue weighted by molar-refractivity contribution is -0.136. The Morgan fingerprint density at radius 2 is 1.68 bits per heavy atom. The maximum Gasteiger partial charge on any atom is 0.313 e. The number of amides is 2. The van der Waals surface area contributed by atoms with E-state index in [0.717, 1.165) is 21.1 Å². The molecule has 2 N–H and O–H groups in total. The quantitative estimate of drug-likeness (QED) is 0.642. The summed E-state index contributed by atoms with van der Waals surface area (Å²) < 4.78 is 12.9. The number of thiazole rings is 1. The Labute approximate surface area is 166 Å². The molecule has 0 aliphatic rings. The van der Waals surface area contributed by atoms with E-state index in [-0.39, 0.29) is 0 Å². The molecule has 2 aromatic carbocycles. The molecule has 0 radical (unpaired) electrons. The molecular formula is C21H20FN3O2S. The van der Waals surface area contributed by atoms with Gasteiger partial charge in [-0.05, 0) is 38.1 Å². The van der Waals surface area contributed by atoms with Crippen molar-refractivity contribution in [1.29, 1.82) is 0 Å². The highest BCUT2D eigenvalue weighted by Crippen LogP contribution is 2.28. The van der Waals surface area contributed by atoms with Crippen LogP contribution < -0.4 is 10.6 Å². The standard InChI is InChI=1S/C21H20FN3O2S/c1-13-3-5-15(6-4-13)21-24-14(2)18(28-21)11-12-23-19(26)20(27)25-17-9-7-16(22)8-10-17/h3-10H,11-12H2,1-2H3,(H,23,26)(H,25,27). The van der Waals surface area contributed by atoms with Gasteiger partial charge in [0.15, 0.2) is 0 Å². The van der Waals surface area contributed by atoms with Crippen molar-refractivity contribution in [2.75, 3.05) is 11.9 Å². The third kappa shape index (κ3) is 5.01. The Morgan fingerprint density at radius 3 is 2.36 bits per heavy atom. The van der Waals surface area contributed by atoms with Crippen LogP contribution in [-0.2, 0) is 16.0 Å². The molecule has 7 heteroatoms.